The van der Waals surface area contributed by atoms with Gasteiger partial charge >= 0.3 is 0 Å². The second-order valence-electron chi connectivity index (χ2n) is 7.38. The first-order valence-corrected chi connectivity index (χ1v) is 11.6. The fourth-order valence-electron chi connectivity index (χ4n) is 3.56. The van der Waals surface area contributed by atoms with E-state index in [2.05, 4.69) is 10.3 Å². The number of amides is 1. The summed E-state index contributed by atoms with van der Waals surface area (Å²) in [5.74, 6) is -0.404. The van der Waals surface area contributed by atoms with Crippen LogP contribution in [0.2, 0.25) is 5.02 Å². The van der Waals surface area contributed by atoms with Gasteiger partial charge in [0.15, 0.2) is 0 Å². The Hall–Kier alpha value is -2.52. The van der Waals surface area contributed by atoms with Crippen LogP contribution in [0.25, 0.3) is 10.9 Å². The van der Waals surface area contributed by atoms with Crippen LogP contribution in [0.5, 0.6) is 0 Å². The van der Waals surface area contributed by atoms with Crippen molar-refractivity contribution in [1.82, 2.24) is 9.29 Å². The fourth-order valence-corrected chi connectivity index (χ4v) is 5.17. The minimum atomic E-state index is -3.69. The first-order valence-electron chi connectivity index (χ1n) is 9.83. The first kappa shape index (κ1) is 21.7. The topological polar surface area (TPSA) is 88.6 Å². The molecule has 0 unspecified atom stereocenters. The zero-order chi connectivity index (χ0) is 22.2. The second kappa shape index (κ2) is 8.55. The Morgan fingerprint density at radius 3 is 2.61 bits per heavy atom. The standard InChI is InChI=1S/C22H22ClN3O4S/c1-14-12-20(18-6-7-19(23)15(2)21(18)24-14)25-22(27)16-4-3-5-17(13-16)31(28,29)26-8-10-30-11-9-26/h3-7,12-13H,8-11H2,1-2H3,(H,24,25,27). The molecule has 9 heteroatoms. The van der Waals surface area contributed by atoms with Gasteiger partial charge in [-0.2, -0.15) is 4.31 Å². The Morgan fingerprint density at radius 1 is 1.13 bits per heavy atom. The average molecular weight is 460 g/mol. The largest absolute Gasteiger partial charge is 0.379 e. The van der Waals surface area contributed by atoms with Crippen LogP contribution in [0.3, 0.4) is 0 Å². The van der Waals surface area contributed by atoms with Crippen molar-refractivity contribution in [1.29, 1.82) is 0 Å². The highest BCUT2D eigenvalue weighted by molar-refractivity contribution is 7.89. The van der Waals surface area contributed by atoms with Gasteiger partial charge in [-0.1, -0.05) is 17.7 Å². The number of hydrogen-bond acceptors (Lipinski definition) is 5. The summed E-state index contributed by atoms with van der Waals surface area (Å²) < 4.78 is 32.5. The molecule has 0 saturated carbocycles. The van der Waals surface area contributed by atoms with Crippen molar-refractivity contribution in [2.45, 2.75) is 18.7 Å². The van der Waals surface area contributed by atoms with Crippen molar-refractivity contribution < 1.29 is 17.9 Å². The number of aromatic nitrogens is 1. The van der Waals surface area contributed by atoms with Crippen LogP contribution in [0.4, 0.5) is 5.69 Å². The molecule has 1 aliphatic heterocycles. The van der Waals surface area contributed by atoms with Gasteiger partial charge in [-0.05, 0) is 55.8 Å². The smallest absolute Gasteiger partial charge is 0.255 e. The number of aryl methyl sites for hydroxylation is 2. The number of rotatable bonds is 4. The van der Waals surface area contributed by atoms with Gasteiger partial charge in [0.25, 0.3) is 5.91 Å². The van der Waals surface area contributed by atoms with Gasteiger partial charge in [0.2, 0.25) is 10.0 Å². The lowest BCUT2D eigenvalue weighted by atomic mass is 10.1. The van der Waals surface area contributed by atoms with Gasteiger partial charge in [-0.3, -0.25) is 9.78 Å². The van der Waals surface area contributed by atoms with Crippen LogP contribution in [0, 0.1) is 13.8 Å². The summed E-state index contributed by atoms with van der Waals surface area (Å²) in [6, 6.07) is 11.4. The van der Waals surface area contributed by atoms with Crippen LogP contribution in [-0.4, -0.2) is 49.9 Å². The molecule has 31 heavy (non-hydrogen) atoms. The number of halogens is 1. The van der Waals surface area contributed by atoms with E-state index in [0.29, 0.717) is 42.5 Å². The number of morpholine rings is 1. The van der Waals surface area contributed by atoms with E-state index >= 15 is 0 Å². The normalized spacial score (nSPS) is 15.2. The molecule has 1 fully saturated rings. The number of carbonyl (C=O) groups is 1. The van der Waals surface area contributed by atoms with E-state index in [1.807, 2.05) is 19.9 Å². The first-order chi connectivity index (χ1) is 14.8. The molecule has 3 aromatic rings. The molecule has 0 bridgehead atoms. The van der Waals surface area contributed by atoms with Gasteiger partial charge in [0, 0.05) is 34.8 Å². The summed E-state index contributed by atoms with van der Waals surface area (Å²) in [4.78, 5) is 17.6. The SMILES string of the molecule is Cc1cc(NC(=O)c2cccc(S(=O)(=O)N3CCOCC3)c2)c2ccc(Cl)c(C)c2n1. The molecule has 0 spiro atoms. The molecule has 2 heterocycles. The van der Waals surface area contributed by atoms with Gasteiger partial charge in [0.1, 0.15) is 0 Å². The molecule has 2 aromatic carbocycles. The third kappa shape index (κ3) is 4.29. The lowest BCUT2D eigenvalue weighted by Crippen LogP contribution is -2.40. The number of nitrogens with zero attached hydrogens (tertiary/aromatic N) is 2. The summed E-state index contributed by atoms with van der Waals surface area (Å²) in [5.41, 5.74) is 3.12. The molecule has 0 aliphatic carbocycles. The Balaban J connectivity index is 1.66. The molecule has 1 N–H and O–H groups in total. The minimum Gasteiger partial charge on any atom is -0.379 e. The number of benzene rings is 2. The Morgan fingerprint density at radius 2 is 1.87 bits per heavy atom. The maximum Gasteiger partial charge on any atom is 0.255 e. The molecule has 0 atom stereocenters. The van der Waals surface area contributed by atoms with Crippen molar-refractivity contribution >= 4 is 44.1 Å². The zero-order valence-electron chi connectivity index (χ0n) is 17.2. The van der Waals surface area contributed by atoms with E-state index in [4.69, 9.17) is 16.3 Å². The summed E-state index contributed by atoms with van der Waals surface area (Å²) in [6.07, 6.45) is 0. The summed E-state index contributed by atoms with van der Waals surface area (Å²) in [6.45, 7) is 5.02. The number of nitrogens with one attached hydrogen (secondary N) is 1. The number of carbonyl (C=O) groups excluding carboxylic acids is 1. The molecule has 7 nitrogen and oxygen atoms in total. The summed E-state index contributed by atoms with van der Waals surface area (Å²) >= 11 is 6.22. The van der Waals surface area contributed by atoms with Crippen molar-refractivity contribution in [2.75, 3.05) is 31.6 Å². The maximum atomic E-state index is 13.0. The average Bonchev–Trinajstić information content (AvgIpc) is 2.77. The Labute approximate surface area is 186 Å². The Kier molecular flexibility index (Phi) is 5.98. The van der Waals surface area contributed by atoms with Gasteiger partial charge in [0.05, 0.1) is 29.3 Å². The van der Waals surface area contributed by atoms with E-state index < -0.39 is 15.9 Å². The van der Waals surface area contributed by atoms with E-state index in [1.54, 1.807) is 24.3 Å². The molecular weight excluding hydrogens is 438 g/mol. The van der Waals surface area contributed by atoms with Crippen LogP contribution in [0.15, 0.2) is 47.4 Å². The van der Waals surface area contributed by atoms with Crippen LogP contribution in [-0.2, 0) is 14.8 Å². The lowest BCUT2D eigenvalue weighted by molar-refractivity contribution is 0.0730. The van der Waals surface area contributed by atoms with Crippen molar-refractivity contribution in [3.05, 3.63) is 64.3 Å². The summed E-state index contributed by atoms with van der Waals surface area (Å²) in [5, 5.41) is 4.26. The zero-order valence-corrected chi connectivity index (χ0v) is 18.8. The molecule has 1 aliphatic rings. The quantitative estimate of drug-likeness (QED) is 0.641. The molecule has 162 valence electrons. The molecule has 1 aromatic heterocycles. The van der Waals surface area contributed by atoms with E-state index in [0.717, 1.165) is 16.6 Å². The van der Waals surface area contributed by atoms with Crippen molar-refractivity contribution in [3.8, 4) is 0 Å². The highest BCUT2D eigenvalue weighted by Crippen LogP contribution is 2.30. The number of sulfonamides is 1. The number of hydrogen-bond donors (Lipinski definition) is 1. The molecule has 4 rings (SSSR count). The minimum absolute atomic E-state index is 0.0837. The number of ether oxygens (including phenoxy) is 1. The second-order valence-corrected chi connectivity index (χ2v) is 9.72. The number of fused-ring (bicyclic) bond motifs is 1. The predicted molar refractivity (Wildman–Crippen MR) is 120 cm³/mol. The van der Waals surface area contributed by atoms with Gasteiger partial charge in [-0.25, -0.2) is 8.42 Å². The monoisotopic (exact) mass is 459 g/mol. The summed E-state index contributed by atoms with van der Waals surface area (Å²) in [7, 11) is -3.69. The lowest BCUT2D eigenvalue weighted by Gasteiger charge is -2.26. The third-order valence-corrected chi connectivity index (χ3v) is 7.55. The van der Waals surface area contributed by atoms with Crippen LogP contribution >= 0.6 is 11.6 Å². The van der Waals surface area contributed by atoms with E-state index in [1.165, 1.54) is 16.4 Å². The molecular formula is C22H22ClN3O4S. The predicted octanol–water partition coefficient (Wildman–Crippen LogP) is 3.78. The van der Waals surface area contributed by atoms with Gasteiger partial charge < -0.3 is 10.1 Å². The van der Waals surface area contributed by atoms with E-state index in [9.17, 15) is 13.2 Å². The van der Waals surface area contributed by atoms with Gasteiger partial charge in [-0.15, -0.1) is 0 Å². The van der Waals surface area contributed by atoms with E-state index in [-0.39, 0.29) is 10.5 Å². The highest BCUT2D eigenvalue weighted by atomic mass is 35.5. The maximum absolute atomic E-state index is 13.0. The Bertz CT molecular complexity index is 1270. The molecule has 1 amide bonds. The number of anilines is 1. The van der Waals surface area contributed by atoms with Crippen LogP contribution in [0.1, 0.15) is 21.6 Å². The third-order valence-electron chi connectivity index (χ3n) is 5.25. The number of pyridine rings is 1. The fraction of sp³-hybridized carbons (Fsp3) is 0.273. The molecule has 1 saturated heterocycles. The molecule has 0 radical (unpaired) electrons. The van der Waals surface area contributed by atoms with Crippen LogP contribution < -0.4 is 5.32 Å². The van der Waals surface area contributed by atoms with Crippen molar-refractivity contribution in [2.24, 2.45) is 0 Å². The highest BCUT2D eigenvalue weighted by Gasteiger charge is 2.27. The van der Waals surface area contributed by atoms with Crippen molar-refractivity contribution in [3.63, 3.8) is 0 Å².